The highest BCUT2D eigenvalue weighted by Gasteiger charge is 2.23. The van der Waals surface area contributed by atoms with Crippen LogP contribution >= 0.6 is 0 Å². The number of hydrazone groups is 1. The van der Waals surface area contributed by atoms with Crippen LogP contribution in [0.15, 0.2) is 47.6 Å². The van der Waals surface area contributed by atoms with Crippen molar-refractivity contribution < 1.29 is 14.5 Å². The van der Waals surface area contributed by atoms with Crippen LogP contribution in [-0.2, 0) is 4.79 Å². The summed E-state index contributed by atoms with van der Waals surface area (Å²) in [6.45, 7) is 5.19. The summed E-state index contributed by atoms with van der Waals surface area (Å²) < 4.78 is 0. The van der Waals surface area contributed by atoms with E-state index in [0.717, 1.165) is 25.9 Å². The first-order chi connectivity index (χ1) is 14.8. The fourth-order valence-electron chi connectivity index (χ4n) is 3.42. The molecule has 1 saturated heterocycles. The van der Waals surface area contributed by atoms with E-state index in [1.165, 1.54) is 19.2 Å². The summed E-state index contributed by atoms with van der Waals surface area (Å²) in [5.74, 6) is 0.00265. The summed E-state index contributed by atoms with van der Waals surface area (Å²) in [6, 6.07) is 11.3. The molecule has 2 aromatic rings. The zero-order valence-electron chi connectivity index (χ0n) is 17.5. The molecule has 0 bridgehead atoms. The van der Waals surface area contributed by atoms with Gasteiger partial charge in [0.05, 0.1) is 11.1 Å². The number of benzene rings is 2. The van der Waals surface area contributed by atoms with Crippen LogP contribution in [0, 0.1) is 16.0 Å². The van der Waals surface area contributed by atoms with E-state index in [1.54, 1.807) is 36.4 Å². The normalized spacial score (nSPS) is 14.5. The van der Waals surface area contributed by atoms with E-state index >= 15 is 0 Å². The molecule has 1 heterocycles. The number of piperidine rings is 1. The van der Waals surface area contributed by atoms with E-state index in [0.29, 0.717) is 28.4 Å². The molecule has 0 aliphatic carbocycles. The summed E-state index contributed by atoms with van der Waals surface area (Å²) in [4.78, 5) is 36.5. The maximum atomic E-state index is 12.2. The van der Waals surface area contributed by atoms with Gasteiger partial charge in [-0.2, -0.15) is 5.10 Å². The fraction of sp³-hybridized carbons (Fsp3) is 0.318. The Kier molecular flexibility index (Phi) is 6.96. The molecule has 0 spiro atoms. The Morgan fingerprint density at radius 1 is 1.16 bits per heavy atom. The van der Waals surface area contributed by atoms with Crippen molar-refractivity contribution in [2.45, 2.75) is 26.7 Å². The third-order valence-corrected chi connectivity index (χ3v) is 5.17. The van der Waals surface area contributed by atoms with Crippen molar-refractivity contribution in [3.63, 3.8) is 0 Å². The minimum absolute atomic E-state index is 0.0263. The predicted octanol–water partition coefficient (Wildman–Crippen LogP) is 3.55. The van der Waals surface area contributed by atoms with E-state index in [9.17, 15) is 19.7 Å². The van der Waals surface area contributed by atoms with Gasteiger partial charge in [-0.25, -0.2) is 5.43 Å². The standard InChI is InChI=1S/C22H25N5O4/c1-15-9-11-26(12-10-15)20-8-3-17(13-21(20)27(30)31)14-23-25-22(29)18-4-6-19(7-5-18)24-16(2)28/h3-8,13-15H,9-12H2,1-2H3,(H,24,28)(H,25,29). The molecule has 3 rings (SSSR count). The molecule has 1 aliphatic heterocycles. The van der Waals surface area contributed by atoms with E-state index in [1.807, 2.05) is 4.90 Å². The highest BCUT2D eigenvalue weighted by molar-refractivity contribution is 5.96. The van der Waals surface area contributed by atoms with Gasteiger partial charge < -0.3 is 10.2 Å². The van der Waals surface area contributed by atoms with Crippen LogP contribution in [-0.4, -0.2) is 36.0 Å². The van der Waals surface area contributed by atoms with Crippen LogP contribution in [0.4, 0.5) is 17.1 Å². The molecule has 2 amide bonds. The van der Waals surface area contributed by atoms with Crippen LogP contribution in [0.2, 0.25) is 0 Å². The Hall–Kier alpha value is -3.75. The van der Waals surface area contributed by atoms with Crippen LogP contribution in [0.5, 0.6) is 0 Å². The summed E-state index contributed by atoms with van der Waals surface area (Å²) in [5, 5.41) is 18.1. The molecule has 0 aromatic heterocycles. The minimum atomic E-state index is -0.431. The number of hydrogen-bond donors (Lipinski definition) is 2. The number of hydrogen-bond acceptors (Lipinski definition) is 6. The Morgan fingerprint density at radius 3 is 2.45 bits per heavy atom. The number of nitro benzene ring substituents is 1. The molecule has 162 valence electrons. The number of nitro groups is 1. The second-order valence-electron chi connectivity index (χ2n) is 7.63. The molecule has 1 fully saturated rings. The van der Waals surface area contributed by atoms with Crippen LogP contribution in [0.25, 0.3) is 0 Å². The topological polar surface area (TPSA) is 117 Å². The van der Waals surface area contributed by atoms with Gasteiger partial charge in [-0.05, 0) is 49.1 Å². The van der Waals surface area contributed by atoms with Crippen LogP contribution in [0.3, 0.4) is 0 Å². The number of anilines is 2. The molecule has 0 unspecified atom stereocenters. The third kappa shape index (κ3) is 5.88. The molecule has 0 saturated carbocycles. The van der Waals surface area contributed by atoms with Crippen molar-refractivity contribution in [3.8, 4) is 0 Å². The number of nitrogens with one attached hydrogen (secondary N) is 2. The van der Waals surface area contributed by atoms with E-state index in [4.69, 9.17) is 0 Å². The maximum Gasteiger partial charge on any atom is 0.293 e. The lowest BCUT2D eigenvalue weighted by Gasteiger charge is -2.31. The quantitative estimate of drug-likeness (QED) is 0.419. The van der Waals surface area contributed by atoms with E-state index in [2.05, 4.69) is 22.8 Å². The van der Waals surface area contributed by atoms with Gasteiger partial charge in [0.1, 0.15) is 5.69 Å². The molecule has 9 nitrogen and oxygen atoms in total. The van der Waals surface area contributed by atoms with Crippen molar-refractivity contribution in [1.82, 2.24) is 5.43 Å². The van der Waals surface area contributed by atoms with E-state index in [-0.39, 0.29) is 16.5 Å². The molecule has 2 aromatic carbocycles. The van der Waals surface area contributed by atoms with Crippen molar-refractivity contribution in [1.29, 1.82) is 0 Å². The smallest absolute Gasteiger partial charge is 0.293 e. The van der Waals surface area contributed by atoms with Gasteiger partial charge >= 0.3 is 0 Å². The highest BCUT2D eigenvalue weighted by atomic mass is 16.6. The Labute approximate surface area is 180 Å². The summed E-state index contributed by atoms with van der Waals surface area (Å²) >= 11 is 0. The van der Waals surface area contributed by atoms with Crippen molar-refractivity contribution in [3.05, 3.63) is 63.7 Å². The molecular weight excluding hydrogens is 398 g/mol. The first kappa shape index (κ1) is 21.9. The van der Waals surface area contributed by atoms with E-state index < -0.39 is 5.91 Å². The van der Waals surface area contributed by atoms with Crippen LogP contribution in [0.1, 0.15) is 42.6 Å². The molecule has 9 heteroatoms. The SMILES string of the molecule is CC(=O)Nc1ccc(C(=O)NN=Cc2ccc(N3CCC(C)CC3)c([N+](=O)[O-])c2)cc1. The first-order valence-electron chi connectivity index (χ1n) is 10.1. The zero-order chi connectivity index (χ0) is 22.4. The number of rotatable bonds is 6. The highest BCUT2D eigenvalue weighted by Crippen LogP contribution is 2.32. The second kappa shape index (κ2) is 9.84. The largest absolute Gasteiger partial charge is 0.366 e. The molecule has 1 aliphatic rings. The lowest BCUT2D eigenvalue weighted by Crippen LogP contribution is -2.33. The average molecular weight is 423 g/mol. The first-order valence-corrected chi connectivity index (χ1v) is 10.1. The summed E-state index contributed by atoms with van der Waals surface area (Å²) in [7, 11) is 0. The Morgan fingerprint density at radius 2 is 1.84 bits per heavy atom. The van der Waals surface area contributed by atoms with Gasteiger partial charge in [-0.3, -0.25) is 19.7 Å². The van der Waals surface area contributed by atoms with Crippen LogP contribution < -0.4 is 15.6 Å². The molecule has 2 N–H and O–H groups in total. The van der Waals surface area contributed by atoms with Gasteiger partial charge in [-0.1, -0.05) is 13.0 Å². The van der Waals surface area contributed by atoms with Crippen molar-refractivity contribution >= 4 is 35.1 Å². The van der Waals surface area contributed by atoms with Gasteiger partial charge in [0, 0.05) is 42.9 Å². The summed E-state index contributed by atoms with van der Waals surface area (Å²) in [5.41, 5.74) is 4.51. The summed E-state index contributed by atoms with van der Waals surface area (Å²) in [6.07, 6.45) is 3.40. The van der Waals surface area contributed by atoms with Gasteiger partial charge in [-0.15, -0.1) is 0 Å². The lowest BCUT2D eigenvalue weighted by atomic mass is 9.98. The molecule has 0 atom stereocenters. The maximum absolute atomic E-state index is 12.2. The second-order valence-corrected chi connectivity index (χ2v) is 7.63. The monoisotopic (exact) mass is 423 g/mol. The average Bonchev–Trinajstić information content (AvgIpc) is 2.74. The lowest BCUT2D eigenvalue weighted by molar-refractivity contribution is -0.384. The van der Waals surface area contributed by atoms with Gasteiger partial charge in [0.25, 0.3) is 11.6 Å². The molecule has 31 heavy (non-hydrogen) atoms. The van der Waals surface area contributed by atoms with Gasteiger partial charge in [0.2, 0.25) is 5.91 Å². The molecular formula is C22H25N5O4. The number of carbonyl (C=O) groups is 2. The number of amides is 2. The van der Waals surface area contributed by atoms with Crippen molar-refractivity contribution in [2.75, 3.05) is 23.3 Å². The predicted molar refractivity (Wildman–Crippen MR) is 120 cm³/mol. The Balaban J connectivity index is 1.66. The number of carbonyl (C=O) groups excluding carboxylic acids is 2. The third-order valence-electron chi connectivity index (χ3n) is 5.17. The zero-order valence-corrected chi connectivity index (χ0v) is 17.5. The minimum Gasteiger partial charge on any atom is -0.366 e. The molecule has 0 radical (unpaired) electrons. The fourth-order valence-corrected chi connectivity index (χ4v) is 3.42. The number of nitrogens with zero attached hydrogens (tertiary/aromatic N) is 3. The Bertz CT molecular complexity index is 995. The van der Waals surface area contributed by atoms with Gasteiger partial charge in [0.15, 0.2) is 0 Å². The van der Waals surface area contributed by atoms with Crippen molar-refractivity contribution in [2.24, 2.45) is 11.0 Å².